The van der Waals surface area contributed by atoms with Crippen LogP contribution in [0.25, 0.3) is 0 Å². The van der Waals surface area contributed by atoms with Crippen LogP contribution < -0.4 is 10.1 Å². The summed E-state index contributed by atoms with van der Waals surface area (Å²) in [5, 5.41) is 16.0. The lowest BCUT2D eigenvalue weighted by molar-refractivity contribution is 0.0614. The molecule has 49 heavy (non-hydrogen) atoms. The number of nitrogens with zero attached hydrogens (tertiary/aromatic N) is 3. The van der Waals surface area contributed by atoms with Gasteiger partial charge in [-0.25, -0.2) is 13.4 Å². The van der Waals surface area contributed by atoms with Gasteiger partial charge in [0.05, 0.1) is 17.0 Å². The SMILES string of the molecule is CCCCN(CC(O)C(Cc1ccccc1)NC(=O)c1cc(C(=O)N(C)C)cc(C(=O)N(CCC)CCC)c1)NS(=O)(=O)c1ccccc1. The first-order chi connectivity index (χ1) is 23.4. The molecule has 0 fully saturated rings. The number of aliphatic hydroxyl groups is 1. The van der Waals surface area contributed by atoms with E-state index in [1.54, 1.807) is 37.2 Å². The van der Waals surface area contributed by atoms with Gasteiger partial charge in [-0.15, -0.1) is 4.83 Å². The maximum absolute atomic E-state index is 14.0. The number of unbranched alkanes of at least 4 members (excludes halogenated alkanes) is 1. The second kappa shape index (κ2) is 19.2. The average molecular weight is 694 g/mol. The van der Waals surface area contributed by atoms with E-state index in [-0.39, 0.29) is 46.4 Å². The number of nitrogens with one attached hydrogen (secondary N) is 2. The molecule has 3 amide bonds. The van der Waals surface area contributed by atoms with Crippen LogP contribution >= 0.6 is 0 Å². The van der Waals surface area contributed by atoms with Crippen LogP contribution in [-0.4, -0.2) is 98.5 Å². The van der Waals surface area contributed by atoms with Crippen molar-refractivity contribution in [3.63, 3.8) is 0 Å². The summed E-state index contributed by atoms with van der Waals surface area (Å²) >= 11 is 0. The van der Waals surface area contributed by atoms with Crippen molar-refractivity contribution in [1.29, 1.82) is 0 Å². The fourth-order valence-electron chi connectivity index (χ4n) is 5.40. The minimum Gasteiger partial charge on any atom is -0.390 e. The molecule has 0 heterocycles. The Labute approximate surface area is 291 Å². The lowest BCUT2D eigenvalue weighted by atomic mass is 9.99. The molecule has 0 bridgehead atoms. The third-order valence-electron chi connectivity index (χ3n) is 7.94. The second-order valence-corrected chi connectivity index (χ2v) is 14.0. The van der Waals surface area contributed by atoms with E-state index in [0.717, 1.165) is 24.8 Å². The highest BCUT2D eigenvalue weighted by atomic mass is 32.2. The Bertz CT molecular complexity index is 1610. The van der Waals surface area contributed by atoms with Gasteiger partial charge in [-0.05, 0) is 61.6 Å². The van der Waals surface area contributed by atoms with E-state index in [2.05, 4.69) is 10.1 Å². The van der Waals surface area contributed by atoms with Crippen LogP contribution in [-0.2, 0) is 16.4 Å². The van der Waals surface area contributed by atoms with Crippen LogP contribution in [0.15, 0.2) is 83.8 Å². The molecule has 0 aromatic heterocycles. The van der Waals surface area contributed by atoms with Crippen molar-refractivity contribution in [2.24, 2.45) is 0 Å². The number of sulfonamides is 1. The quantitative estimate of drug-likeness (QED) is 0.159. The Kier molecular flexibility index (Phi) is 15.4. The molecule has 266 valence electrons. The molecule has 3 aromatic rings. The fraction of sp³-hybridized carbons (Fsp3) is 0.432. The van der Waals surface area contributed by atoms with Gasteiger partial charge < -0.3 is 20.2 Å². The zero-order valence-corrected chi connectivity index (χ0v) is 30.1. The molecule has 12 heteroatoms. The van der Waals surface area contributed by atoms with Crippen LogP contribution in [0.5, 0.6) is 0 Å². The van der Waals surface area contributed by atoms with E-state index in [0.29, 0.717) is 26.1 Å². The van der Waals surface area contributed by atoms with Gasteiger partial charge >= 0.3 is 0 Å². The van der Waals surface area contributed by atoms with E-state index in [9.17, 15) is 27.9 Å². The molecule has 3 aromatic carbocycles. The van der Waals surface area contributed by atoms with Gasteiger partial charge in [-0.3, -0.25) is 14.4 Å². The van der Waals surface area contributed by atoms with Crippen LogP contribution in [0.2, 0.25) is 0 Å². The first kappa shape index (κ1) is 39.3. The average Bonchev–Trinajstić information content (AvgIpc) is 3.09. The molecule has 0 spiro atoms. The van der Waals surface area contributed by atoms with Crippen molar-refractivity contribution >= 4 is 27.7 Å². The van der Waals surface area contributed by atoms with Crippen LogP contribution in [0.1, 0.15) is 83.1 Å². The Morgan fingerprint density at radius 1 is 0.755 bits per heavy atom. The van der Waals surface area contributed by atoms with Gasteiger partial charge in [0, 0.05) is 57.0 Å². The van der Waals surface area contributed by atoms with Crippen LogP contribution in [0, 0.1) is 0 Å². The topological polar surface area (TPSA) is 139 Å². The van der Waals surface area contributed by atoms with E-state index >= 15 is 0 Å². The fourth-order valence-corrected chi connectivity index (χ4v) is 6.53. The monoisotopic (exact) mass is 693 g/mol. The summed E-state index contributed by atoms with van der Waals surface area (Å²) in [5.41, 5.74) is 1.36. The zero-order valence-electron chi connectivity index (χ0n) is 29.3. The van der Waals surface area contributed by atoms with Crippen molar-refractivity contribution < 1.29 is 27.9 Å². The van der Waals surface area contributed by atoms with Gasteiger partial charge in [0.2, 0.25) is 0 Å². The molecule has 3 rings (SSSR count). The van der Waals surface area contributed by atoms with Crippen molar-refractivity contribution in [3.8, 4) is 0 Å². The molecule has 0 aliphatic carbocycles. The number of hydrazine groups is 1. The number of carbonyl (C=O) groups excluding carboxylic acids is 3. The first-order valence-electron chi connectivity index (χ1n) is 16.9. The summed E-state index contributed by atoms with van der Waals surface area (Å²) in [6, 6.07) is 20.9. The highest BCUT2D eigenvalue weighted by Crippen LogP contribution is 2.17. The predicted octanol–water partition coefficient (Wildman–Crippen LogP) is 4.35. The number of rotatable bonds is 19. The Balaban J connectivity index is 1.97. The number of carbonyl (C=O) groups is 3. The number of hydrogen-bond donors (Lipinski definition) is 3. The molecule has 11 nitrogen and oxygen atoms in total. The predicted molar refractivity (Wildman–Crippen MR) is 192 cm³/mol. The summed E-state index contributed by atoms with van der Waals surface area (Å²) in [7, 11) is -0.735. The normalized spacial score (nSPS) is 12.7. The first-order valence-corrected chi connectivity index (χ1v) is 18.4. The standard InChI is InChI=1S/C37H51N5O6S/c1-6-9-22-42(39-49(47,48)32-18-14-11-15-19-32)27-34(43)33(23-28-16-12-10-13-17-28)38-35(44)29-24-30(36(45)40(4)5)26-31(25-29)37(46)41(20-7-2)21-8-3/h10-19,24-26,33-34,39,43H,6-9,20-23,27H2,1-5H3,(H,38,44). The smallest absolute Gasteiger partial charge is 0.253 e. The zero-order chi connectivity index (χ0) is 36.0. The number of aliphatic hydroxyl groups excluding tert-OH is 1. The third kappa shape index (κ3) is 11.8. The van der Waals surface area contributed by atoms with E-state index in [1.165, 1.54) is 40.2 Å². The molecule has 2 unspecified atom stereocenters. The molecular formula is C37H51N5O6S. The molecular weight excluding hydrogens is 643 g/mol. The largest absolute Gasteiger partial charge is 0.390 e. The number of hydrogen-bond acceptors (Lipinski definition) is 7. The third-order valence-corrected chi connectivity index (χ3v) is 9.33. The molecule has 2 atom stereocenters. The lowest BCUT2D eigenvalue weighted by Gasteiger charge is -2.30. The highest BCUT2D eigenvalue weighted by Gasteiger charge is 2.28. The van der Waals surface area contributed by atoms with Crippen LogP contribution in [0.3, 0.4) is 0 Å². The summed E-state index contributed by atoms with van der Waals surface area (Å²) in [5.74, 6) is -1.21. The van der Waals surface area contributed by atoms with Crippen LogP contribution in [0.4, 0.5) is 0 Å². The summed E-state index contributed by atoms with van der Waals surface area (Å²) in [4.78, 5) is 46.4. The van der Waals surface area contributed by atoms with Crippen molar-refractivity contribution in [2.75, 3.05) is 40.3 Å². The minimum atomic E-state index is -3.93. The molecule has 0 aliphatic heterocycles. The second-order valence-electron chi connectivity index (χ2n) is 12.3. The number of amides is 3. The molecule has 0 radical (unpaired) electrons. The Hall–Kier alpha value is -4.10. The molecule has 0 saturated heterocycles. The molecule has 0 saturated carbocycles. The van der Waals surface area contributed by atoms with Crippen molar-refractivity contribution in [3.05, 3.63) is 101 Å². The van der Waals surface area contributed by atoms with Gasteiger partial charge in [0.25, 0.3) is 27.7 Å². The maximum atomic E-state index is 14.0. The molecule has 3 N–H and O–H groups in total. The summed E-state index contributed by atoms with van der Waals surface area (Å²) in [6.07, 6.45) is 1.99. The van der Waals surface area contributed by atoms with Gasteiger partial charge in [-0.2, -0.15) is 0 Å². The lowest BCUT2D eigenvalue weighted by Crippen LogP contribution is -2.53. The van der Waals surface area contributed by atoms with Crippen molar-refractivity contribution in [2.45, 2.75) is 69.9 Å². The van der Waals surface area contributed by atoms with Crippen molar-refractivity contribution in [1.82, 2.24) is 25.0 Å². The maximum Gasteiger partial charge on any atom is 0.253 e. The van der Waals surface area contributed by atoms with Gasteiger partial charge in [0.1, 0.15) is 0 Å². The van der Waals surface area contributed by atoms with Gasteiger partial charge in [0.15, 0.2) is 0 Å². The van der Waals surface area contributed by atoms with E-state index in [4.69, 9.17) is 0 Å². The van der Waals surface area contributed by atoms with E-state index in [1.807, 2.05) is 51.1 Å². The van der Waals surface area contributed by atoms with E-state index < -0.39 is 28.1 Å². The number of benzene rings is 3. The minimum absolute atomic E-state index is 0.0917. The summed E-state index contributed by atoms with van der Waals surface area (Å²) in [6.45, 7) is 7.23. The Morgan fingerprint density at radius 3 is 1.86 bits per heavy atom. The molecule has 0 aliphatic rings. The van der Waals surface area contributed by atoms with Gasteiger partial charge in [-0.1, -0.05) is 75.7 Å². The summed E-state index contributed by atoms with van der Waals surface area (Å²) < 4.78 is 26.4. The highest BCUT2D eigenvalue weighted by molar-refractivity contribution is 7.89. The Morgan fingerprint density at radius 2 is 1.31 bits per heavy atom.